The summed E-state index contributed by atoms with van der Waals surface area (Å²) in [6, 6.07) is 13.3. The molecule has 0 radical (unpaired) electrons. The molecule has 3 aromatic rings. The third-order valence-electron chi connectivity index (χ3n) is 4.96. The molecule has 0 saturated heterocycles. The van der Waals surface area contributed by atoms with Gasteiger partial charge in [-0.2, -0.15) is 5.10 Å². The third-order valence-corrected chi connectivity index (χ3v) is 4.96. The summed E-state index contributed by atoms with van der Waals surface area (Å²) in [6.45, 7) is 1.10. The number of benzene rings is 2. The van der Waals surface area contributed by atoms with Gasteiger partial charge >= 0.3 is 0 Å². The van der Waals surface area contributed by atoms with E-state index in [0.29, 0.717) is 31.0 Å². The summed E-state index contributed by atoms with van der Waals surface area (Å²) in [4.78, 5) is 14.9. The fraction of sp³-hybridized carbons (Fsp3) is 0.238. The minimum absolute atomic E-state index is 0.110. The summed E-state index contributed by atoms with van der Waals surface area (Å²) in [5, 5.41) is 26.5. The lowest BCUT2D eigenvalue weighted by atomic mass is 9.96. The van der Waals surface area contributed by atoms with Crippen molar-refractivity contribution in [3.05, 3.63) is 65.4 Å². The highest BCUT2D eigenvalue weighted by Gasteiger charge is 2.41. The van der Waals surface area contributed by atoms with Crippen LogP contribution in [0.15, 0.2) is 48.5 Å². The quantitative estimate of drug-likeness (QED) is 0.572. The Kier molecular flexibility index (Phi) is 4.75. The number of carbonyl (C=O) groups excluding carboxylic acids is 1. The van der Waals surface area contributed by atoms with Gasteiger partial charge in [0.05, 0.1) is 11.7 Å². The van der Waals surface area contributed by atoms with Crippen molar-refractivity contribution in [3.8, 4) is 22.8 Å². The van der Waals surface area contributed by atoms with Crippen molar-refractivity contribution in [3.63, 3.8) is 0 Å². The van der Waals surface area contributed by atoms with Crippen molar-refractivity contribution < 1.29 is 19.7 Å². The number of phenolic OH excluding ortho intramolecular Hbond substituents is 2. The van der Waals surface area contributed by atoms with Crippen LogP contribution in [0.5, 0.6) is 11.5 Å². The average molecular weight is 379 g/mol. The molecule has 1 aliphatic rings. The van der Waals surface area contributed by atoms with Crippen LogP contribution in [0.25, 0.3) is 11.3 Å². The Hall–Kier alpha value is -3.32. The first-order valence-corrected chi connectivity index (χ1v) is 9.06. The number of nitrogens with one attached hydrogen (secondary N) is 1. The van der Waals surface area contributed by atoms with Gasteiger partial charge in [0.1, 0.15) is 17.2 Å². The van der Waals surface area contributed by atoms with Crippen molar-refractivity contribution in [2.24, 2.45) is 0 Å². The maximum Gasteiger partial charge on any atom is 0.273 e. The lowest BCUT2D eigenvalue weighted by Gasteiger charge is -2.26. The van der Waals surface area contributed by atoms with Crippen molar-refractivity contribution in [1.29, 1.82) is 0 Å². The molecule has 0 spiro atoms. The van der Waals surface area contributed by atoms with Crippen LogP contribution in [0, 0.1) is 0 Å². The van der Waals surface area contributed by atoms with E-state index in [1.165, 1.54) is 0 Å². The maximum atomic E-state index is 13.1. The highest BCUT2D eigenvalue weighted by molar-refractivity contribution is 6.00. The number of nitrogens with zero attached hydrogens (tertiary/aromatic N) is 2. The number of rotatable bonds is 6. The van der Waals surface area contributed by atoms with Crippen LogP contribution in [-0.4, -0.2) is 51.5 Å². The van der Waals surface area contributed by atoms with Crippen LogP contribution in [0.2, 0.25) is 0 Å². The molecular weight excluding hydrogens is 358 g/mol. The van der Waals surface area contributed by atoms with E-state index >= 15 is 0 Å². The van der Waals surface area contributed by atoms with E-state index in [9.17, 15) is 15.0 Å². The second kappa shape index (κ2) is 7.36. The third kappa shape index (κ3) is 3.10. The van der Waals surface area contributed by atoms with E-state index in [0.717, 1.165) is 16.7 Å². The van der Waals surface area contributed by atoms with Crippen molar-refractivity contribution in [2.75, 3.05) is 20.3 Å². The number of fused-ring (bicyclic) bond motifs is 1. The fourth-order valence-corrected chi connectivity index (χ4v) is 3.65. The summed E-state index contributed by atoms with van der Waals surface area (Å²) in [5.74, 6) is 0.232. The smallest absolute Gasteiger partial charge is 0.273 e. The van der Waals surface area contributed by atoms with E-state index < -0.39 is 0 Å². The molecule has 0 bridgehead atoms. The number of hydrogen-bond donors (Lipinski definition) is 3. The molecule has 0 saturated carbocycles. The topological polar surface area (TPSA) is 98.7 Å². The number of amides is 1. The Morgan fingerprint density at radius 2 is 1.71 bits per heavy atom. The molecule has 3 N–H and O–H groups in total. The van der Waals surface area contributed by atoms with Gasteiger partial charge in [-0.15, -0.1) is 0 Å². The normalized spacial score (nSPS) is 15.8. The Morgan fingerprint density at radius 1 is 1.07 bits per heavy atom. The summed E-state index contributed by atoms with van der Waals surface area (Å²) in [7, 11) is 1.64. The molecular formula is C21H21N3O4. The standard InChI is InChI=1S/C21H21N3O4/c1-28-12-2-11-24-20(14-5-9-16(26)10-6-14)17-18(22-23-19(17)21(24)27)13-3-7-15(25)8-4-13/h3-10,20,25-26H,2,11-12H2,1H3,(H,22,23). The molecule has 1 aliphatic heterocycles. The zero-order chi connectivity index (χ0) is 19.7. The molecule has 1 aromatic heterocycles. The minimum Gasteiger partial charge on any atom is -0.508 e. The van der Waals surface area contributed by atoms with Crippen LogP contribution in [0.3, 0.4) is 0 Å². The number of methoxy groups -OCH3 is 1. The highest BCUT2D eigenvalue weighted by atomic mass is 16.5. The van der Waals surface area contributed by atoms with Gasteiger partial charge in [0.2, 0.25) is 0 Å². The Labute approximate surface area is 162 Å². The molecule has 7 heteroatoms. The van der Waals surface area contributed by atoms with Crippen LogP contribution >= 0.6 is 0 Å². The van der Waals surface area contributed by atoms with Gasteiger partial charge < -0.3 is 19.8 Å². The first-order valence-electron chi connectivity index (χ1n) is 9.06. The number of aromatic hydroxyl groups is 2. The zero-order valence-corrected chi connectivity index (χ0v) is 15.4. The van der Waals surface area contributed by atoms with Gasteiger partial charge in [0.25, 0.3) is 5.91 Å². The van der Waals surface area contributed by atoms with E-state index in [-0.39, 0.29) is 23.4 Å². The van der Waals surface area contributed by atoms with Gasteiger partial charge in [-0.1, -0.05) is 12.1 Å². The lowest BCUT2D eigenvalue weighted by molar-refractivity contribution is 0.0723. The van der Waals surface area contributed by atoms with Gasteiger partial charge in [-0.3, -0.25) is 9.89 Å². The van der Waals surface area contributed by atoms with Crippen LogP contribution in [0.1, 0.15) is 34.1 Å². The molecule has 2 aromatic carbocycles. The van der Waals surface area contributed by atoms with E-state index in [4.69, 9.17) is 4.74 Å². The number of ether oxygens (including phenoxy) is 1. The summed E-state index contributed by atoms with van der Waals surface area (Å²) in [5.41, 5.74) is 3.65. The summed E-state index contributed by atoms with van der Waals surface area (Å²) >= 11 is 0. The van der Waals surface area contributed by atoms with Crippen LogP contribution in [0.4, 0.5) is 0 Å². The monoisotopic (exact) mass is 379 g/mol. The highest BCUT2D eigenvalue weighted by Crippen LogP contribution is 2.43. The Bertz CT molecular complexity index is 980. The predicted molar refractivity (Wildman–Crippen MR) is 103 cm³/mol. The second-order valence-corrected chi connectivity index (χ2v) is 6.75. The van der Waals surface area contributed by atoms with Gasteiger partial charge in [0, 0.05) is 31.4 Å². The van der Waals surface area contributed by atoms with Gasteiger partial charge in [-0.25, -0.2) is 0 Å². The van der Waals surface area contributed by atoms with E-state index in [2.05, 4.69) is 10.2 Å². The minimum atomic E-state index is -0.317. The molecule has 1 unspecified atom stereocenters. The molecule has 144 valence electrons. The average Bonchev–Trinajstić information content (AvgIpc) is 3.23. The van der Waals surface area contributed by atoms with E-state index in [1.807, 2.05) is 12.1 Å². The first kappa shape index (κ1) is 18.1. The van der Waals surface area contributed by atoms with Crippen molar-refractivity contribution in [2.45, 2.75) is 12.5 Å². The van der Waals surface area contributed by atoms with E-state index in [1.54, 1.807) is 48.4 Å². The summed E-state index contributed by atoms with van der Waals surface area (Å²) < 4.78 is 5.14. The summed E-state index contributed by atoms with van der Waals surface area (Å²) in [6.07, 6.45) is 0.711. The molecule has 1 atom stereocenters. The molecule has 1 amide bonds. The molecule has 28 heavy (non-hydrogen) atoms. The fourth-order valence-electron chi connectivity index (χ4n) is 3.65. The molecule has 0 aliphatic carbocycles. The number of aromatic amines is 1. The number of phenols is 2. The predicted octanol–water partition coefficient (Wildman–Crippen LogP) is 3.07. The number of carbonyl (C=O) groups is 1. The Balaban J connectivity index is 1.80. The second-order valence-electron chi connectivity index (χ2n) is 6.75. The van der Waals surface area contributed by atoms with Gasteiger partial charge in [0.15, 0.2) is 0 Å². The largest absolute Gasteiger partial charge is 0.508 e. The Morgan fingerprint density at radius 3 is 2.36 bits per heavy atom. The number of H-pyrrole nitrogens is 1. The van der Waals surface area contributed by atoms with Crippen LogP contribution < -0.4 is 0 Å². The lowest BCUT2D eigenvalue weighted by Crippen LogP contribution is -2.31. The maximum absolute atomic E-state index is 13.1. The molecule has 4 rings (SSSR count). The number of aromatic nitrogens is 2. The van der Waals surface area contributed by atoms with Gasteiger partial charge in [-0.05, 0) is 48.4 Å². The molecule has 7 nitrogen and oxygen atoms in total. The van der Waals surface area contributed by atoms with Crippen LogP contribution in [-0.2, 0) is 4.74 Å². The van der Waals surface area contributed by atoms with Crippen molar-refractivity contribution in [1.82, 2.24) is 15.1 Å². The number of hydrogen-bond acceptors (Lipinski definition) is 5. The first-order chi connectivity index (χ1) is 13.6. The van der Waals surface area contributed by atoms with Crippen molar-refractivity contribution >= 4 is 5.91 Å². The SMILES string of the molecule is COCCCN1C(=O)c2[nH]nc(-c3ccc(O)cc3)c2C1c1ccc(O)cc1. The molecule has 2 heterocycles. The molecule has 0 fully saturated rings. The zero-order valence-electron chi connectivity index (χ0n) is 15.4.